The Morgan fingerprint density at radius 1 is 1.00 bits per heavy atom. The van der Waals surface area contributed by atoms with Gasteiger partial charge in [0.05, 0.1) is 5.69 Å². The second-order valence-corrected chi connectivity index (χ2v) is 2.54. The van der Waals surface area contributed by atoms with Crippen molar-refractivity contribution in [3.63, 3.8) is 0 Å². The van der Waals surface area contributed by atoms with Gasteiger partial charge in [0.25, 0.3) is 5.95 Å². The van der Waals surface area contributed by atoms with E-state index in [0.717, 1.165) is 0 Å². The molecule has 0 bridgehead atoms. The van der Waals surface area contributed by atoms with Crippen LogP contribution in [0.2, 0.25) is 0 Å². The Hall–Kier alpha value is -1.13. The predicted molar refractivity (Wildman–Crippen MR) is 38.1 cm³/mol. The van der Waals surface area contributed by atoms with E-state index in [0.29, 0.717) is 6.42 Å². The molecule has 0 aliphatic heterocycles. The highest BCUT2D eigenvalue weighted by Crippen LogP contribution is 2.16. The lowest BCUT2D eigenvalue weighted by molar-refractivity contribution is 0.382. The van der Waals surface area contributed by atoms with E-state index in [-0.39, 0.29) is 12.1 Å². The largest absolute Gasteiger partial charge is 0.252 e. The van der Waals surface area contributed by atoms with Crippen molar-refractivity contribution in [2.24, 2.45) is 0 Å². The molecule has 0 aromatic carbocycles. The van der Waals surface area contributed by atoms with Crippen molar-refractivity contribution >= 4 is 0 Å². The van der Waals surface area contributed by atoms with Crippen molar-refractivity contribution < 1.29 is 17.6 Å². The van der Waals surface area contributed by atoms with E-state index in [1.165, 1.54) is 0 Å². The van der Waals surface area contributed by atoms with E-state index in [1.54, 1.807) is 6.92 Å². The van der Waals surface area contributed by atoms with Gasteiger partial charge in [0.2, 0.25) is 11.6 Å². The lowest BCUT2D eigenvalue weighted by Crippen LogP contribution is -2.05. The van der Waals surface area contributed by atoms with Gasteiger partial charge in [-0.1, -0.05) is 13.3 Å². The highest BCUT2D eigenvalue weighted by molar-refractivity contribution is 5.12. The molecule has 72 valence electrons. The number of halogens is 4. The minimum absolute atomic E-state index is 0.0833. The number of pyridine rings is 1. The van der Waals surface area contributed by atoms with Gasteiger partial charge in [0, 0.05) is 0 Å². The maximum Gasteiger partial charge on any atom is 0.252 e. The number of aryl methyl sites for hydroxylation is 1. The molecule has 1 aromatic rings. The van der Waals surface area contributed by atoms with Gasteiger partial charge in [-0.3, -0.25) is 0 Å². The molecule has 0 aliphatic carbocycles. The number of hydrogen-bond donors (Lipinski definition) is 0. The van der Waals surface area contributed by atoms with E-state index < -0.39 is 23.4 Å². The van der Waals surface area contributed by atoms with Crippen molar-refractivity contribution in [1.29, 1.82) is 0 Å². The van der Waals surface area contributed by atoms with Gasteiger partial charge >= 0.3 is 0 Å². The van der Waals surface area contributed by atoms with Crippen molar-refractivity contribution in [2.75, 3.05) is 0 Å². The third-order valence-corrected chi connectivity index (χ3v) is 1.54. The molecule has 0 fully saturated rings. The van der Waals surface area contributed by atoms with Crippen molar-refractivity contribution in [3.05, 3.63) is 29.1 Å². The van der Waals surface area contributed by atoms with E-state index >= 15 is 0 Å². The third-order valence-electron chi connectivity index (χ3n) is 1.54. The molecule has 0 saturated heterocycles. The summed E-state index contributed by atoms with van der Waals surface area (Å²) in [6.07, 6.45) is 0.564. The Morgan fingerprint density at radius 2 is 1.62 bits per heavy atom. The topological polar surface area (TPSA) is 12.9 Å². The van der Waals surface area contributed by atoms with Crippen LogP contribution >= 0.6 is 0 Å². The van der Waals surface area contributed by atoms with E-state index in [9.17, 15) is 17.6 Å². The molecule has 0 spiro atoms. The highest BCUT2D eigenvalue weighted by Gasteiger charge is 2.19. The Balaban J connectivity index is 3.24. The molecule has 13 heavy (non-hydrogen) atoms. The summed E-state index contributed by atoms with van der Waals surface area (Å²) in [7, 11) is 0. The van der Waals surface area contributed by atoms with Gasteiger partial charge in [-0.25, -0.2) is 13.8 Å². The SMILES string of the molecule is CCCc1nc(F)c(F)c(F)c1F. The lowest BCUT2D eigenvalue weighted by Gasteiger charge is -2.02. The summed E-state index contributed by atoms with van der Waals surface area (Å²) < 4.78 is 50.1. The fourth-order valence-electron chi connectivity index (χ4n) is 0.933. The molecule has 0 radical (unpaired) electrons. The first-order valence-electron chi connectivity index (χ1n) is 3.76. The fraction of sp³-hybridized carbons (Fsp3) is 0.375. The fourth-order valence-corrected chi connectivity index (χ4v) is 0.933. The van der Waals surface area contributed by atoms with Crippen LogP contribution in [0.3, 0.4) is 0 Å². The first-order chi connectivity index (χ1) is 6.07. The third kappa shape index (κ3) is 1.79. The molecule has 0 unspecified atom stereocenters. The average Bonchev–Trinajstić information content (AvgIpc) is 2.11. The maximum atomic E-state index is 12.8. The number of rotatable bonds is 2. The number of aromatic nitrogens is 1. The summed E-state index contributed by atoms with van der Waals surface area (Å²) in [6.45, 7) is 1.69. The summed E-state index contributed by atoms with van der Waals surface area (Å²) in [5.41, 5.74) is -0.376. The second-order valence-electron chi connectivity index (χ2n) is 2.54. The van der Waals surface area contributed by atoms with Crippen LogP contribution in [0.25, 0.3) is 0 Å². The molecule has 1 rings (SSSR count). The molecule has 1 aromatic heterocycles. The summed E-state index contributed by atoms with van der Waals surface area (Å²) in [4.78, 5) is 2.97. The minimum atomic E-state index is -1.86. The molecule has 0 atom stereocenters. The van der Waals surface area contributed by atoms with Crippen molar-refractivity contribution in [2.45, 2.75) is 19.8 Å². The Kier molecular flexibility index (Phi) is 2.85. The van der Waals surface area contributed by atoms with Gasteiger partial charge in [-0.15, -0.1) is 0 Å². The van der Waals surface area contributed by atoms with Gasteiger partial charge < -0.3 is 0 Å². The minimum Gasteiger partial charge on any atom is -0.219 e. The van der Waals surface area contributed by atoms with Gasteiger partial charge in [-0.2, -0.15) is 8.78 Å². The molecule has 0 N–H and O–H groups in total. The zero-order valence-corrected chi connectivity index (χ0v) is 6.87. The number of nitrogens with zero attached hydrogens (tertiary/aromatic N) is 1. The summed E-state index contributed by atoms with van der Waals surface area (Å²) in [5, 5.41) is 0. The smallest absolute Gasteiger partial charge is 0.219 e. The van der Waals surface area contributed by atoms with E-state index in [4.69, 9.17) is 0 Å². The van der Waals surface area contributed by atoms with Crippen LogP contribution in [0.1, 0.15) is 19.0 Å². The van der Waals surface area contributed by atoms with E-state index in [1.807, 2.05) is 0 Å². The molecular formula is C8H7F4N. The molecular weight excluding hydrogens is 186 g/mol. The quantitative estimate of drug-likeness (QED) is 0.519. The van der Waals surface area contributed by atoms with Crippen molar-refractivity contribution in [3.8, 4) is 0 Å². The standard InChI is InChI=1S/C8H7F4N/c1-2-3-4-5(9)6(10)7(11)8(12)13-4/h2-3H2,1H3. The Bertz CT molecular complexity index is 324. The Labute approximate surface area is 72.4 Å². The zero-order chi connectivity index (χ0) is 10.0. The van der Waals surface area contributed by atoms with E-state index in [2.05, 4.69) is 4.98 Å². The molecule has 0 aliphatic rings. The van der Waals surface area contributed by atoms with Crippen LogP contribution in [0, 0.1) is 23.4 Å². The van der Waals surface area contributed by atoms with Gasteiger partial charge in [-0.05, 0) is 6.42 Å². The van der Waals surface area contributed by atoms with Crippen LogP contribution in [0.5, 0.6) is 0 Å². The summed E-state index contributed by atoms with van der Waals surface area (Å²) in [6, 6.07) is 0. The zero-order valence-electron chi connectivity index (χ0n) is 6.87. The first-order valence-corrected chi connectivity index (χ1v) is 3.76. The predicted octanol–water partition coefficient (Wildman–Crippen LogP) is 2.59. The molecule has 0 amide bonds. The molecule has 1 nitrogen and oxygen atoms in total. The Morgan fingerprint density at radius 3 is 2.15 bits per heavy atom. The van der Waals surface area contributed by atoms with Crippen LogP contribution in [0.15, 0.2) is 0 Å². The molecule has 1 heterocycles. The normalized spacial score (nSPS) is 10.5. The molecule has 0 saturated carbocycles. The van der Waals surface area contributed by atoms with Crippen LogP contribution in [0.4, 0.5) is 17.6 Å². The monoisotopic (exact) mass is 193 g/mol. The van der Waals surface area contributed by atoms with Crippen LogP contribution in [-0.4, -0.2) is 4.98 Å². The first kappa shape index (κ1) is 9.95. The second kappa shape index (κ2) is 3.72. The highest BCUT2D eigenvalue weighted by atomic mass is 19.2. The van der Waals surface area contributed by atoms with Gasteiger partial charge in [0.1, 0.15) is 0 Å². The van der Waals surface area contributed by atoms with Crippen molar-refractivity contribution in [1.82, 2.24) is 4.98 Å². The summed E-state index contributed by atoms with van der Waals surface area (Å²) >= 11 is 0. The van der Waals surface area contributed by atoms with Crippen LogP contribution < -0.4 is 0 Å². The van der Waals surface area contributed by atoms with Crippen LogP contribution in [-0.2, 0) is 6.42 Å². The molecule has 5 heteroatoms. The lowest BCUT2D eigenvalue weighted by atomic mass is 10.2. The number of hydrogen-bond acceptors (Lipinski definition) is 1. The van der Waals surface area contributed by atoms with Gasteiger partial charge in [0.15, 0.2) is 5.82 Å². The average molecular weight is 193 g/mol. The maximum absolute atomic E-state index is 12.8. The summed E-state index contributed by atoms with van der Waals surface area (Å²) in [5.74, 6) is -6.66.